The van der Waals surface area contributed by atoms with Gasteiger partial charge in [-0.05, 0) is 12.8 Å². The van der Waals surface area contributed by atoms with Gasteiger partial charge in [0.2, 0.25) is 0 Å². The van der Waals surface area contributed by atoms with E-state index in [1.165, 1.54) is 0 Å². The second kappa shape index (κ2) is 4.54. The molecule has 5 nitrogen and oxygen atoms in total. The molecule has 0 aliphatic rings. The van der Waals surface area contributed by atoms with Crippen LogP contribution >= 0.6 is 0 Å². The number of nitrogens with zero attached hydrogens (tertiary/aromatic N) is 2. The Balaban J connectivity index is 4.25. The first kappa shape index (κ1) is 9.74. The molecule has 0 radical (unpaired) electrons. The molecule has 0 fully saturated rings. The van der Waals surface area contributed by atoms with Gasteiger partial charge < -0.3 is 11.6 Å². The van der Waals surface area contributed by atoms with Gasteiger partial charge >= 0.3 is 0 Å². The van der Waals surface area contributed by atoms with Crippen LogP contribution in [-0.4, -0.2) is 0 Å². The number of hydrogen-bond acceptors (Lipinski definition) is 3. The normalized spacial score (nSPS) is 13.8. The fourth-order valence-electron chi connectivity index (χ4n) is 0.755. The fourth-order valence-corrected chi connectivity index (χ4v) is 0.755. The number of hydrogen-bond donors (Lipinski definition) is 3. The van der Waals surface area contributed by atoms with Gasteiger partial charge in [0.15, 0.2) is 0 Å². The van der Waals surface area contributed by atoms with Crippen molar-refractivity contribution in [1.29, 1.82) is 0 Å². The van der Waals surface area contributed by atoms with Crippen molar-refractivity contribution in [1.82, 2.24) is 5.43 Å². The third kappa shape index (κ3) is 3.44. The van der Waals surface area contributed by atoms with Gasteiger partial charge in [-0.15, -0.1) is 0 Å². The molecule has 64 valence electrons. The van der Waals surface area contributed by atoms with Crippen LogP contribution in [0.5, 0.6) is 0 Å². The minimum absolute atomic E-state index is 0.297. The van der Waals surface area contributed by atoms with Crippen molar-refractivity contribution in [3.63, 3.8) is 0 Å². The van der Waals surface area contributed by atoms with Gasteiger partial charge in [-0.2, -0.15) is 0 Å². The summed E-state index contributed by atoms with van der Waals surface area (Å²) in [7, 11) is 0. The number of nitrogens with one attached hydrogen (secondary N) is 1. The topological polar surface area (TPSA) is 88.8 Å². The van der Waals surface area contributed by atoms with Crippen LogP contribution in [0.4, 0.5) is 0 Å². The van der Waals surface area contributed by atoms with Gasteiger partial charge in [-0.1, -0.05) is 24.3 Å². The largest absolute Gasteiger partial charge is 0.401 e. The Morgan fingerprint density at radius 3 is 2.27 bits per heavy atom. The van der Waals surface area contributed by atoms with Crippen molar-refractivity contribution in [3.05, 3.63) is 11.4 Å². The second-order valence-corrected chi connectivity index (χ2v) is 2.58. The maximum atomic E-state index is 5.55. The summed E-state index contributed by atoms with van der Waals surface area (Å²) >= 11 is 0. The summed E-state index contributed by atoms with van der Waals surface area (Å²) in [6, 6.07) is 0. The Hall–Kier alpha value is -1.26. The van der Waals surface area contributed by atoms with E-state index in [1.54, 1.807) is 6.92 Å². The van der Waals surface area contributed by atoms with Crippen molar-refractivity contribution in [2.24, 2.45) is 27.9 Å². The summed E-state index contributed by atoms with van der Waals surface area (Å²) < 4.78 is 0. The number of allylic oxidation sites excluding steroid dienone is 2. The van der Waals surface area contributed by atoms with E-state index in [0.717, 1.165) is 5.70 Å². The van der Waals surface area contributed by atoms with E-state index >= 15 is 0 Å². The van der Waals surface area contributed by atoms with Gasteiger partial charge in [-0.3, -0.25) is 5.43 Å². The second-order valence-electron chi connectivity index (χ2n) is 2.58. The third-order valence-corrected chi connectivity index (χ3v) is 1.23. The maximum Gasteiger partial charge on any atom is 0.0563 e. The Kier molecular flexibility index (Phi) is 4.02. The lowest BCUT2D eigenvalue weighted by atomic mass is 10.1. The van der Waals surface area contributed by atoms with Crippen LogP contribution in [0.15, 0.2) is 21.8 Å². The summed E-state index contributed by atoms with van der Waals surface area (Å²) in [5.41, 5.74) is 9.76. The molecule has 0 rings (SSSR count). The molecule has 0 spiro atoms. The molecule has 11 heavy (non-hydrogen) atoms. The van der Waals surface area contributed by atoms with Crippen LogP contribution < -0.4 is 17.0 Å². The average molecular weight is 157 g/mol. The van der Waals surface area contributed by atoms with E-state index in [4.69, 9.17) is 11.6 Å². The summed E-state index contributed by atoms with van der Waals surface area (Å²) in [6.07, 6.45) is 0. The van der Waals surface area contributed by atoms with E-state index in [2.05, 4.69) is 15.9 Å². The van der Waals surface area contributed by atoms with Crippen LogP contribution in [0.3, 0.4) is 0 Å². The zero-order valence-electron chi connectivity index (χ0n) is 7.13. The molecule has 0 aromatic carbocycles. The first-order chi connectivity index (χ1) is 5.09. The van der Waals surface area contributed by atoms with E-state index in [-0.39, 0.29) is 0 Å². The van der Waals surface area contributed by atoms with Crippen molar-refractivity contribution in [2.45, 2.75) is 20.8 Å². The highest BCUT2D eigenvalue weighted by Crippen LogP contribution is 2.07. The van der Waals surface area contributed by atoms with E-state index in [9.17, 15) is 0 Å². The average Bonchev–Trinajstić information content (AvgIpc) is 1.87. The molecule has 0 saturated carbocycles. The molecular formula is C6H15N5. The molecule has 0 saturated heterocycles. The Morgan fingerprint density at radius 1 is 1.45 bits per heavy atom. The quantitative estimate of drug-likeness (QED) is 0.319. The molecule has 0 atom stereocenters. The molecule has 5 heteroatoms. The minimum atomic E-state index is 0.297. The third-order valence-electron chi connectivity index (χ3n) is 1.23. The summed E-state index contributed by atoms with van der Waals surface area (Å²) in [5, 5.41) is 6.49. The molecule has 0 aromatic heterocycles. The SMILES string of the molecule is C/C(N)=C(/NN=NN)C(C)C. The zero-order chi connectivity index (χ0) is 8.85. The summed E-state index contributed by atoms with van der Waals surface area (Å²) in [5.74, 6) is 5.11. The highest BCUT2D eigenvalue weighted by atomic mass is 15.5. The number of rotatable bonds is 3. The zero-order valence-corrected chi connectivity index (χ0v) is 7.13. The predicted molar refractivity (Wildman–Crippen MR) is 43.9 cm³/mol. The van der Waals surface area contributed by atoms with Crippen LogP contribution in [0.25, 0.3) is 0 Å². The molecule has 0 unspecified atom stereocenters. The van der Waals surface area contributed by atoms with Gasteiger partial charge in [0.05, 0.1) is 5.70 Å². The molecule has 0 heterocycles. The van der Waals surface area contributed by atoms with Crippen LogP contribution in [0, 0.1) is 5.92 Å². The van der Waals surface area contributed by atoms with E-state index in [1.807, 2.05) is 13.8 Å². The first-order valence-electron chi connectivity index (χ1n) is 3.41. The van der Waals surface area contributed by atoms with Crippen molar-refractivity contribution in [3.8, 4) is 0 Å². The van der Waals surface area contributed by atoms with Crippen molar-refractivity contribution in [2.75, 3.05) is 0 Å². The van der Waals surface area contributed by atoms with Gasteiger partial charge in [0.1, 0.15) is 0 Å². The molecule has 5 N–H and O–H groups in total. The molecule has 0 aromatic rings. The van der Waals surface area contributed by atoms with Crippen LogP contribution in [-0.2, 0) is 0 Å². The Bertz CT molecular complexity index is 166. The van der Waals surface area contributed by atoms with E-state index in [0.29, 0.717) is 11.6 Å². The monoisotopic (exact) mass is 157 g/mol. The predicted octanol–water partition coefficient (Wildman–Crippen LogP) is 0.663. The molecular weight excluding hydrogens is 142 g/mol. The minimum Gasteiger partial charge on any atom is -0.401 e. The van der Waals surface area contributed by atoms with Crippen molar-refractivity contribution < 1.29 is 0 Å². The Labute approximate surface area is 66.5 Å². The summed E-state index contributed by atoms with van der Waals surface area (Å²) in [4.78, 5) is 0. The van der Waals surface area contributed by atoms with Crippen molar-refractivity contribution >= 4 is 0 Å². The lowest BCUT2D eigenvalue weighted by molar-refractivity contribution is 0.632. The van der Waals surface area contributed by atoms with Gasteiger partial charge in [-0.25, -0.2) is 0 Å². The highest BCUT2D eigenvalue weighted by molar-refractivity contribution is 5.07. The van der Waals surface area contributed by atoms with Crippen LogP contribution in [0.1, 0.15) is 20.8 Å². The highest BCUT2D eigenvalue weighted by Gasteiger charge is 2.03. The van der Waals surface area contributed by atoms with Gasteiger partial charge in [0.25, 0.3) is 0 Å². The standard InChI is InChI=1S/C6H15N5/c1-4(2)6(5(3)7)9-11-10-8/h4H,7H2,1-3H3,(H2,8,11)(H,9,10)/b6-5-. The Morgan fingerprint density at radius 2 is 2.00 bits per heavy atom. The molecule has 0 aliphatic carbocycles. The van der Waals surface area contributed by atoms with Crippen LogP contribution in [0.2, 0.25) is 0 Å². The lowest BCUT2D eigenvalue weighted by Crippen LogP contribution is -2.16. The lowest BCUT2D eigenvalue weighted by Gasteiger charge is -2.10. The maximum absolute atomic E-state index is 5.55. The molecule has 0 bridgehead atoms. The smallest absolute Gasteiger partial charge is 0.0563 e. The number of nitrogens with two attached hydrogens (primary N) is 2. The molecule has 0 amide bonds. The first-order valence-corrected chi connectivity index (χ1v) is 3.41. The fraction of sp³-hybridized carbons (Fsp3) is 0.667. The van der Waals surface area contributed by atoms with E-state index < -0.39 is 0 Å². The van der Waals surface area contributed by atoms with Gasteiger partial charge in [0, 0.05) is 5.70 Å². The molecule has 0 aliphatic heterocycles. The summed E-state index contributed by atoms with van der Waals surface area (Å²) in [6.45, 7) is 5.81.